The summed E-state index contributed by atoms with van der Waals surface area (Å²) in [5.41, 5.74) is 5.83. The number of rotatable bonds is 2. The number of aromatic nitrogens is 2. The number of carbonyl (C=O) groups excluding carboxylic acids is 2. The first-order valence-electron chi connectivity index (χ1n) is 7.06. The third kappa shape index (κ3) is 2.22. The van der Waals surface area contributed by atoms with Crippen LogP contribution in [0.25, 0.3) is 0 Å². The molecule has 1 aromatic heterocycles. The summed E-state index contributed by atoms with van der Waals surface area (Å²) < 4.78 is 0. The minimum atomic E-state index is -0.861. The molecule has 0 unspecified atom stereocenters. The Balaban J connectivity index is 2.09. The number of imide groups is 1. The molecule has 2 fully saturated rings. The summed E-state index contributed by atoms with van der Waals surface area (Å²) in [7, 11) is 0. The summed E-state index contributed by atoms with van der Waals surface area (Å²) in [6, 6.07) is 0. The number of nitrogens with two attached hydrogens (primary N) is 1. The van der Waals surface area contributed by atoms with Crippen LogP contribution in [0.15, 0.2) is 0 Å². The van der Waals surface area contributed by atoms with E-state index in [9.17, 15) is 9.59 Å². The third-order valence-corrected chi connectivity index (χ3v) is 4.16. The van der Waals surface area contributed by atoms with Crippen molar-refractivity contribution in [3.05, 3.63) is 11.4 Å². The van der Waals surface area contributed by atoms with Crippen molar-refractivity contribution in [2.75, 3.05) is 17.2 Å². The van der Waals surface area contributed by atoms with Crippen molar-refractivity contribution in [3.63, 3.8) is 0 Å². The van der Waals surface area contributed by atoms with Crippen LogP contribution in [0.5, 0.6) is 0 Å². The number of piperazine rings is 1. The van der Waals surface area contributed by atoms with E-state index in [1.54, 1.807) is 18.7 Å². The average Bonchev–Trinajstić information content (AvgIpc) is 3.22. The van der Waals surface area contributed by atoms with Crippen LogP contribution in [0.4, 0.5) is 11.6 Å². The Labute approximate surface area is 122 Å². The predicted octanol–water partition coefficient (Wildman–Crippen LogP) is 0.486. The maximum absolute atomic E-state index is 12.1. The summed E-state index contributed by atoms with van der Waals surface area (Å²) in [6.07, 6.45) is 2.12. The molecule has 0 bridgehead atoms. The zero-order valence-corrected chi connectivity index (χ0v) is 12.4. The van der Waals surface area contributed by atoms with Gasteiger partial charge in [0.25, 0.3) is 5.91 Å². The van der Waals surface area contributed by atoms with Crippen LogP contribution < -0.4 is 16.0 Å². The Morgan fingerprint density at radius 1 is 1.29 bits per heavy atom. The molecule has 1 aliphatic heterocycles. The van der Waals surface area contributed by atoms with E-state index in [-0.39, 0.29) is 18.4 Å². The molecule has 2 aliphatic rings. The van der Waals surface area contributed by atoms with Crippen molar-refractivity contribution in [1.82, 2.24) is 15.3 Å². The van der Waals surface area contributed by atoms with Gasteiger partial charge in [-0.2, -0.15) is 0 Å². The number of nitrogens with zero attached hydrogens (tertiary/aromatic N) is 3. The van der Waals surface area contributed by atoms with Gasteiger partial charge >= 0.3 is 0 Å². The van der Waals surface area contributed by atoms with Gasteiger partial charge < -0.3 is 10.6 Å². The Hall–Kier alpha value is -2.18. The molecule has 3 rings (SSSR count). The average molecular weight is 289 g/mol. The summed E-state index contributed by atoms with van der Waals surface area (Å²) in [5, 5.41) is 2.36. The molecule has 2 heterocycles. The summed E-state index contributed by atoms with van der Waals surface area (Å²) in [4.78, 5) is 34.4. The summed E-state index contributed by atoms with van der Waals surface area (Å²) in [5.74, 6) is 1.40. The second kappa shape index (κ2) is 4.41. The minimum absolute atomic E-state index is 0.0835. The largest absolute Gasteiger partial charge is 0.383 e. The molecule has 7 heteroatoms. The maximum atomic E-state index is 12.1. The zero-order chi connectivity index (χ0) is 15.4. The van der Waals surface area contributed by atoms with Crippen LogP contribution in [0.1, 0.15) is 44.0 Å². The number of nitrogens with one attached hydrogen (secondary N) is 1. The Kier molecular flexibility index (Phi) is 2.89. The van der Waals surface area contributed by atoms with Gasteiger partial charge in [0.05, 0.1) is 6.54 Å². The molecule has 0 aromatic carbocycles. The van der Waals surface area contributed by atoms with E-state index in [0.717, 1.165) is 12.8 Å². The van der Waals surface area contributed by atoms with E-state index < -0.39 is 5.54 Å². The lowest BCUT2D eigenvalue weighted by atomic mass is 9.98. The monoisotopic (exact) mass is 289 g/mol. The van der Waals surface area contributed by atoms with Gasteiger partial charge in [-0.15, -0.1) is 0 Å². The third-order valence-electron chi connectivity index (χ3n) is 4.16. The predicted molar refractivity (Wildman–Crippen MR) is 77.7 cm³/mol. The highest BCUT2D eigenvalue weighted by molar-refractivity contribution is 6.06. The van der Waals surface area contributed by atoms with Gasteiger partial charge in [0.15, 0.2) is 0 Å². The molecule has 3 N–H and O–H groups in total. The van der Waals surface area contributed by atoms with Gasteiger partial charge in [0, 0.05) is 11.5 Å². The smallest absolute Gasteiger partial charge is 0.251 e. The van der Waals surface area contributed by atoms with Crippen molar-refractivity contribution >= 4 is 23.5 Å². The Bertz CT molecular complexity index is 636. The van der Waals surface area contributed by atoms with Crippen LogP contribution in [0.3, 0.4) is 0 Å². The molecular weight excluding hydrogens is 270 g/mol. The van der Waals surface area contributed by atoms with E-state index in [2.05, 4.69) is 15.3 Å². The summed E-state index contributed by atoms with van der Waals surface area (Å²) >= 11 is 0. The molecule has 0 atom stereocenters. The molecule has 0 spiro atoms. The fourth-order valence-electron chi connectivity index (χ4n) is 2.45. The van der Waals surface area contributed by atoms with Gasteiger partial charge in [0.2, 0.25) is 5.91 Å². The number of anilines is 2. The molecule has 2 amide bonds. The van der Waals surface area contributed by atoms with E-state index in [1.165, 1.54) is 0 Å². The molecule has 0 radical (unpaired) electrons. The number of hydrogen-bond donors (Lipinski definition) is 2. The van der Waals surface area contributed by atoms with Gasteiger partial charge in [-0.05, 0) is 33.6 Å². The lowest BCUT2D eigenvalue weighted by Gasteiger charge is -2.41. The second-order valence-electron chi connectivity index (χ2n) is 6.21. The lowest BCUT2D eigenvalue weighted by molar-refractivity contribution is -0.135. The fourth-order valence-corrected chi connectivity index (χ4v) is 2.45. The standard InChI is InChI=1S/C14H19N5O2/c1-7-10(15)17-11(8-4-5-8)18-12(7)19-6-9(20)16-13(21)14(19,2)3/h8H,4-6H2,1-3H3,(H2,15,17,18)(H,16,20,21). The van der Waals surface area contributed by atoms with Crippen LogP contribution in [-0.4, -0.2) is 33.9 Å². The fraction of sp³-hybridized carbons (Fsp3) is 0.571. The molecule has 7 nitrogen and oxygen atoms in total. The number of hydrogen-bond acceptors (Lipinski definition) is 6. The van der Waals surface area contributed by atoms with Crippen LogP contribution in [-0.2, 0) is 9.59 Å². The van der Waals surface area contributed by atoms with Crippen molar-refractivity contribution in [1.29, 1.82) is 0 Å². The van der Waals surface area contributed by atoms with Gasteiger partial charge in [-0.1, -0.05) is 0 Å². The first kappa shape index (κ1) is 13.8. The van der Waals surface area contributed by atoms with Crippen molar-refractivity contribution in [2.45, 2.75) is 45.1 Å². The zero-order valence-electron chi connectivity index (χ0n) is 12.4. The molecule has 112 valence electrons. The maximum Gasteiger partial charge on any atom is 0.251 e. The van der Waals surface area contributed by atoms with E-state index in [0.29, 0.717) is 28.9 Å². The normalized spacial score (nSPS) is 21.4. The van der Waals surface area contributed by atoms with Crippen LogP contribution >= 0.6 is 0 Å². The minimum Gasteiger partial charge on any atom is -0.383 e. The first-order chi connectivity index (χ1) is 9.80. The molecule has 1 aromatic rings. The van der Waals surface area contributed by atoms with Crippen molar-refractivity contribution < 1.29 is 9.59 Å². The SMILES string of the molecule is Cc1c(N)nc(C2CC2)nc1N1CC(=O)NC(=O)C1(C)C. The first-order valence-corrected chi connectivity index (χ1v) is 7.06. The van der Waals surface area contributed by atoms with Crippen molar-refractivity contribution in [3.8, 4) is 0 Å². The second-order valence-corrected chi connectivity index (χ2v) is 6.21. The van der Waals surface area contributed by atoms with Crippen molar-refractivity contribution in [2.24, 2.45) is 0 Å². The molecule has 1 aliphatic carbocycles. The van der Waals surface area contributed by atoms with E-state index in [4.69, 9.17) is 5.73 Å². The van der Waals surface area contributed by atoms with Gasteiger partial charge in [0.1, 0.15) is 23.0 Å². The topological polar surface area (TPSA) is 101 Å². The van der Waals surface area contributed by atoms with Gasteiger partial charge in [-0.3, -0.25) is 14.9 Å². The highest BCUT2D eigenvalue weighted by atomic mass is 16.2. The Morgan fingerprint density at radius 3 is 2.57 bits per heavy atom. The highest BCUT2D eigenvalue weighted by Crippen LogP contribution is 2.40. The Morgan fingerprint density at radius 2 is 1.95 bits per heavy atom. The number of carbonyl (C=O) groups is 2. The van der Waals surface area contributed by atoms with Crippen LogP contribution in [0, 0.1) is 6.92 Å². The lowest BCUT2D eigenvalue weighted by Crippen LogP contribution is -2.64. The summed E-state index contributed by atoms with van der Waals surface area (Å²) in [6.45, 7) is 5.43. The number of nitrogen functional groups attached to an aromatic ring is 1. The number of amides is 2. The molecule has 21 heavy (non-hydrogen) atoms. The molecule has 1 saturated carbocycles. The molecule has 1 saturated heterocycles. The highest BCUT2D eigenvalue weighted by Gasteiger charge is 2.43. The van der Waals surface area contributed by atoms with Gasteiger partial charge in [-0.25, -0.2) is 9.97 Å². The van der Waals surface area contributed by atoms with Crippen LogP contribution in [0.2, 0.25) is 0 Å². The van der Waals surface area contributed by atoms with E-state index in [1.807, 2.05) is 6.92 Å². The quantitative estimate of drug-likeness (QED) is 0.768. The van der Waals surface area contributed by atoms with E-state index >= 15 is 0 Å². The molecular formula is C14H19N5O2.